The molecule has 1 N–H and O–H groups in total. The number of nitrogens with zero attached hydrogens (tertiary/aromatic N) is 1. The van der Waals surface area contributed by atoms with Crippen LogP contribution in [0.3, 0.4) is 0 Å². The molecule has 0 amide bonds. The van der Waals surface area contributed by atoms with E-state index in [9.17, 15) is 8.42 Å². The van der Waals surface area contributed by atoms with Gasteiger partial charge in [-0.3, -0.25) is 4.90 Å². The molecular formula is C14H22N2O2S. The van der Waals surface area contributed by atoms with Crippen molar-refractivity contribution in [2.75, 3.05) is 31.2 Å². The van der Waals surface area contributed by atoms with E-state index < -0.39 is 9.84 Å². The van der Waals surface area contributed by atoms with E-state index >= 15 is 0 Å². The Bertz CT molecular complexity index is 528. The van der Waals surface area contributed by atoms with Gasteiger partial charge in [0.1, 0.15) is 0 Å². The SMILES string of the molecule is CCN1CCCC1CNc1ccccc1S(C)(=O)=O. The minimum Gasteiger partial charge on any atom is -0.382 e. The number of sulfone groups is 1. The van der Waals surface area contributed by atoms with E-state index in [1.54, 1.807) is 12.1 Å². The summed E-state index contributed by atoms with van der Waals surface area (Å²) >= 11 is 0. The number of anilines is 1. The second-order valence-electron chi connectivity index (χ2n) is 5.07. The summed E-state index contributed by atoms with van der Waals surface area (Å²) in [6.45, 7) is 5.18. The average molecular weight is 282 g/mol. The summed E-state index contributed by atoms with van der Waals surface area (Å²) < 4.78 is 23.4. The zero-order valence-electron chi connectivity index (χ0n) is 11.6. The summed E-state index contributed by atoms with van der Waals surface area (Å²) in [4.78, 5) is 2.83. The lowest BCUT2D eigenvalue weighted by atomic mass is 10.2. The summed E-state index contributed by atoms with van der Waals surface area (Å²) in [6.07, 6.45) is 3.66. The summed E-state index contributed by atoms with van der Waals surface area (Å²) in [5.74, 6) is 0. The number of hydrogen-bond donors (Lipinski definition) is 1. The topological polar surface area (TPSA) is 49.4 Å². The van der Waals surface area contributed by atoms with E-state index in [4.69, 9.17) is 0 Å². The first-order valence-corrected chi connectivity index (χ1v) is 8.68. The summed E-state index contributed by atoms with van der Waals surface area (Å²) in [5.41, 5.74) is 0.716. The third-order valence-corrected chi connectivity index (χ3v) is 4.87. The molecule has 106 valence electrons. The Morgan fingerprint density at radius 1 is 1.37 bits per heavy atom. The zero-order valence-corrected chi connectivity index (χ0v) is 12.4. The highest BCUT2D eigenvalue weighted by atomic mass is 32.2. The van der Waals surface area contributed by atoms with Crippen LogP contribution in [0.1, 0.15) is 19.8 Å². The van der Waals surface area contributed by atoms with Gasteiger partial charge in [-0.2, -0.15) is 0 Å². The number of para-hydroxylation sites is 1. The summed E-state index contributed by atoms with van der Waals surface area (Å²) in [6, 6.07) is 7.63. The van der Waals surface area contributed by atoms with Crippen LogP contribution in [-0.4, -0.2) is 45.2 Å². The molecule has 0 saturated carbocycles. The average Bonchev–Trinajstić information content (AvgIpc) is 2.83. The third-order valence-electron chi connectivity index (χ3n) is 3.72. The van der Waals surface area contributed by atoms with Crippen molar-refractivity contribution < 1.29 is 8.42 Å². The van der Waals surface area contributed by atoms with Gasteiger partial charge in [0.15, 0.2) is 9.84 Å². The standard InChI is InChI=1S/C14H22N2O2S/c1-3-16-10-6-7-12(16)11-15-13-8-4-5-9-14(13)19(2,17)18/h4-5,8-9,12,15H,3,6-7,10-11H2,1-2H3. The monoisotopic (exact) mass is 282 g/mol. The van der Waals surface area contributed by atoms with Crippen LogP contribution in [0.25, 0.3) is 0 Å². The smallest absolute Gasteiger partial charge is 0.177 e. The molecule has 1 aliphatic rings. The lowest BCUT2D eigenvalue weighted by Gasteiger charge is -2.23. The maximum absolute atomic E-state index is 11.7. The Hall–Kier alpha value is -1.07. The van der Waals surface area contributed by atoms with Crippen LogP contribution in [-0.2, 0) is 9.84 Å². The molecule has 0 aromatic heterocycles. The van der Waals surface area contributed by atoms with Gasteiger partial charge < -0.3 is 5.32 Å². The van der Waals surface area contributed by atoms with Gasteiger partial charge >= 0.3 is 0 Å². The maximum atomic E-state index is 11.7. The summed E-state index contributed by atoms with van der Waals surface area (Å²) in [5, 5.41) is 3.31. The van der Waals surface area contributed by atoms with Gasteiger partial charge in [-0.15, -0.1) is 0 Å². The lowest BCUT2D eigenvalue weighted by molar-refractivity contribution is 0.277. The molecule has 19 heavy (non-hydrogen) atoms. The van der Waals surface area contributed by atoms with Gasteiger partial charge in [0, 0.05) is 18.8 Å². The second-order valence-corrected chi connectivity index (χ2v) is 7.06. The molecule has 0 bridgehead atoms. The van der Waals surface area contributed by atoms with E-state index in [2.05, 4.69) is 17.1 Å². The highest BCUT2D eigenvalue weighted by Gasteiger charge is 2.23. The van der Waals surface area contributed by atoms with Crippen molar-refractivity contribution in [2.24, 2.45) is 0 Å². The number of nitrogens with one attached hydrogen (secondary N) is 1. The molecular weight excluding hydrogens is 260 g/mol. The number of likely N-dealkylation sites (N-methyl/N-ethyl adjacent to an activating group) is 1. The predicted octanol–water partition coefficient (Wildman–Crippen LogP) is 1.99. The molecule has 0 radical (unpaired) electrons. The van der Waals surface area contributed by atoms with E-state index in [1.807, 2.05) is 12.1 Å². The van der Waals surface area contributed by atoms with Crippen molar-refractivity contribution in [3.63, 3.8) is 0 Å². The Balaban J connectivity index is 2.08. The van der Waals surface area contributed by atoms with Crippen molar-refractivity contribution >= 4 is 15.5 Å². The number of benzene rings is 1. The van der Waals surface area contributed by atoms with Crippen LogP contribution in [0.15, 0.2) is 29.2 Å². The number of likely N-dealkylation sites (tertiary alicyclic amines) is 1. The molecule has 2 rings (SSSR count). The molecule has 1 heterocycles. The Labute approximate surface area is 115 Å². The first kappa shape index (κ1) is 14.3. The van der Waals surface area contributed by atoms with Crippen LogP contribution in [0.4, 0.5) is 5.69 Å². The molecule has 1 saturated heterocycles. The van der Waals surface area contributed by atoms with E-state index in [0.717, 1.165) is 19.6 Å². The molecule has 1 atom stereocenters. The van der Waals surface area contributed by atoms with E-state index in [1.165, 1.54) is 19.1 Å². The largest absolute Gasteiger partial charge is 0.382 e. The van der Waals surface area contributed by atoms with E-state index in [0.29, 0.717) is 16.6 Å². The molecule has 1 aromatic carbocycles. The Kier molecular flexibility index (Phi) is 4.47. The fourth-order valence-electron chi connectivity index (χ4n) is 2.71. The van der Waals surface area contributed by atoms with Crippen LogP contribution in [0, 0.1) is 0 Å². The molecule has 1 aliphatic heterocycles. The molecule has 0 spiro atoms. The highest BCUT2D eigenvalue weighted by molar-refractivity contribution is 7.90. The van der Waals surface area contributed by atoms with Gasteiger partial charge in [0.2, 0.25) is 0 Å². The minimum atomic E-state index is -3.17. The number of hydrogen-bond acceptors (Lipinski definition) is 4. The van der Waals surface area contributed by atoms with Crippen molar-refractivity contribution in [2.45, 2.75) is 30.7 Å². The molecule has 0 aliphatic carbocycles. The first-order valence-electron chi connectivity index (χ1n) is 6.79. The van der Waals surface area contributed by atoms with Crippen molar-refractivity contribution in [3.05, 3.63) is 24.3 Å². The first-order chi connectivity index (χ1) is 9.02. The van der Waals surface area contributed by atoms with Crippen LogP contribution < -0.4 is 5.32 Å². The predicted molar refractivity (Wildman–Crippen MR) is 78.3 cm³/mol. The van der Waals surface area contributed by atoms with Crippen LogP contribution in [0.2, 0.25) is 0 Å². The molecule has 1 unspecified atom stereocenters. The quantitative estimate of drug-likeness (QED) is 0.897. The van der Waals surface area contributed by atoms with E-state index in [-0.39, 0.29) is 0 Å². The fraction of sp³-hybridized carbons (Fsp3) is 0.571. The van der Waals surface area contributed by atoms with Crippen molar-refractivity contribution in [1.82, 2.24) is 4.90 Å². The molecule has 1 aromatic rings. The van der Waals surface area contributed by atoms with Gasteiger partial charge in [0.25, 0.3) is 0 Å². The normalized spacial score (nSPS) is 20.6. The second kappa shape index (κ2) is 5.92. The maximum Gasteiger partial charge on any atom is 0.177 e. The lowest BCUT2D eigenvalue weighted by Crippen LogP contribution is -2.34. The van der Waals surface area contributed by atoms with Gasteiger partial charge in [0.05, 0.1) is 10.6 Å². The molecule has 1 fully saturated rings. The van der Waals surface area contributed by atoms with Crippen LogP contribution in [0.5, 0.6) is 0 Å². The van der Waals surface area contributed by atoms with Gasteiger partial charge in [-0.1, -0.05) is 19.1 Å². The van der Waals surface area contributed by atoms with Crippen molar-refractivity contribution in [1.29, 1.82) is 0 Å². The van der Waals surface area contributed by atoms with Crippen molar-refractivity contribution in [3.8, 4) is 0 Å². The minimum absolute atomic E-state index is 0.385. The zero-order chi connectivity index (χ0) is 13.9. The van der Waals surface area contributed by atoms with Gasteiger partial charge in [-0.25, -0.2) is 8.42 Å². The Morgan fingerprint density at radius 2 is 2.11 bits per heavy atom. The number of rotatable bonds is 5. The van der Waals surface area contributed by atoms with Gasteiger partial charge in [-0.05, 0) is 38.1 Å². The molecule has 4 nitrogen and oxygen atoms in total. The van der Waals surface area contributed by atoms with Crippen LogP contribution >= 0.6 is 0 Å². The third kappa shape index (κ3) is 3.48. The summed E-state index contributed by atoms with van der Waals surface area (Å²) in [7, 11) is -3.17. The highest BCUT2D eigenvalue weighted by Crippen LogP contribution is 2.22. The Morgan fingerprint density at radius 3 is 2.79 bits per heavy atom. The molecule has 5 heteroatoms. The fourth-order valence-corrected chi connectivity index (χ4v) is 3.57.